The van der Waals surface area contributed by atoms with Gasteiger partial charge in [0.05, 0.1) is 10.7 Å². The van der Waals surface area contributed by atoms with Crippen LogP contribution in [0.15, 0.2) is 59.3 Å². The minimum absolute atomic E-state index is 0.0636. The van der Waals surface area contributed by atoms with E-state index in [1.165, 1.54) is 12.3 Å². The van der Waals surface area contributed by atoms with Crippen LogP contribution in [0, 0.1) is 0 Å². The second-order valence-corrected chi connectivity index (χ2v) is 7.50. The van der Waals surface area contributed by atoms with E-state index >= 15 is 0 Å². The number of hydrogen-bond donors (Lipinski definition) is 2. The normalized spacial score (nSPS) is 11.3. The Balaban J connectivity index is 1.79. The Kier molecular flexibility index (Phi) is 5.07. The molecule has 0 unspecified atom stereocenters. The van der Waals surface area contributed by atoms with Crippen LogP contribution in [0.25, 0.3) is 11.0 Å². The van der Waals surface area contributed by atoms with E-state index in [0.717, 1.165) is 18.8 Å². The van der Waals surface area contributed by atoms with Gasteiger partial charge in [0.2, 0.25) is 0 Å². The number of halogens is 3. The Morgan fingerprint density at radius 2 is 1.92 bits per heavy atom. The fourth-order valence-corrected chi connectivity index (χ4v) is 3.75. The van der Waals surface area contributed by atoms with Crippen molar-refractivity contribution in [3.8, 4) is 5.75 Å². The summed E-state index contributed by atoms with van der Waals surface area (Å²) in [7, 11) is 0. The molecule has 0 saturated carbocycles. The fraction of sp³-hybridized carbons (Fsp3) is 0. The summed E-state index contributed by atoms with van der Waals surface area (Å²) < 4.78 is 7.96. The lowest BCUT2D eigenvalue weighted by molar-refractivity contribution is 0.0929. The maximum absolute atomic E-state index is 12.1. The number of phenolic OH excluding ortho intramolecular Hbond substituents is 1. The molecule has 0 spiro atoms. The topological polar surface area (TPSA) is 74.8 Å². The number of furan rings is 1. The third-order valence-electron chi connectivity index (χ3n) is 3.12. The van der Waals surface area contributed by atoms with Crippen LogP contribution in [0.3, 0.4) is 0 Å². The predicted octanol–water partition coefficient (Wildman–Crippen LogP) is 5.19. The SMILES string of the molecule is O=C(N/N=C\c1cc(Br)ccc1O)c1cc2cc(Br)cc(Br)c2o1. The second-order valence-electron chi connectivity index (χ2n) is 4.82. The van der Waals surface area contributed by atoms with Crippen molar-refractivity contribution in [1.29, 1.82) is 0 Å². The summed E-state index contributed by atoms with van der Waals surface area (Å²) >= 11 is 10.1. The van der Waals surface area contributed by atoms with Gasteiger partial charge in [-0.2, -0.15) is 5.10 Å². The molecule has 122 valence electrons. The predicted molar refractivity (Wildman–Crippen MR) is 102 cm³/mol. The molecule has 2 aromatic carbocycles. The van der Waals surface area contributed by atoms with Crippen molar-refractivity contribution >= 4 is 70.9 Å². The number of hydrazone groups is 1. The zero-order chi connectivity index (χ0) is 17.3. The van der Waals surface area contributed by atoms with Gasteiger partial charge in [0.15, 0.2) is 5.76 Å². The number of nitrogens with one attached hydrogen (secondary N) is 1. The summed E-state index contributed by atoms with van der Waals surface area (Å²) in [4.78, 5) is 12.1. The average molecular weight is 517 g/mol. The number of amides is 1. The van der Waals surface area contributed by atoms with Gasteiger partial charge in [-0.3, -0.25) is 4.79 Å². The molecule has 0 fully saturated rings. The number of benzene rings is 2. The van der Waals surface area contributed by atoms with Crippen LogP contribution in [0.4, 0.5) is 0 Å². The molecular weight excluding hydrogens is 508 g/mol. The van der Waals surface area contributed by atoms with Crippen LogP contribution in [0.5, 0.6) is 5.75 Å². The molecule has 0 aliphatic rings. The van der Waals surface area contributed by atoms with Crippen LogP contribution in [0.1, 0.15) is 16.1 Å². The monoisotopic (exact) mass is 514 g/mol. The second kappa shape index (κ2) is 7.08. The first-order valence-corrected chi connectivity index (χ1v) is 9.02. The van der Waals surface area contributed by atoms with Crippen molar-refractivity contribution in [3.05, 3.63) is 61.1 Å². The summed E-state index contributed by atoms with van der Waals surface area (Å²) in [6, 6.07) is 10.2. The molecule has 0 aliphatic carbocycles. The first kappa shape index (κ1) is 17.2. The molecule has 0 bridgehead atoms. The molecule has 0 radical (unpaired) electrons. The van der Waals surface area contributed by atoms with Gasteiger partial charge in [-0.05, 0) is 52.3 Å². The standard InChI is InChI=1S/C16H9Br3N2O3/c17-10-1-2-13(22)9(4-10)7-20-21-16(23)14-5-8-3-11(18)6-12(19)15(8)24-14/h1-7,22H,(H,21,23)/b20-7-. The summed E-state index contributed by atoms with van der Waals surface area (Å²) in [5, 5.41) is 14.3. The average Bonchev–Trinajstić information content (AvgIpc) is 2.95. The van der Waals surface area contributed by atoms with Gasteiger partial charge in [0.1, 0.15) is 11.3 Å². The van der Waals surface area contributed by atoms with E-state index in [2.05, 4.69) is 58.3 Å². The Bertz CT molecular complexity index is 967. The van der Waals surface area contributed by atoms with E-state index in [-0.39, 0.29) is 11.5 Å². The van der Waals surface area contributed by atoms with Gasteiger partial charge in [-0.25, -0.2) is 5.43 Å². The van der Waals surface area contributed by atoms with Crippen LogP contribution in [0.2, 0.25) is 0 Å². The van der Waals surface area contributed by atoms with Gasteiger partial charge in [-0.15, -0.1) is 0 Å². The Morgan fingerprint density at radius 3 is 2.71 bits per heavy atom. The molecular formula is C16H9Br3N2O3. The van der Waals surface area contributed by atoms with Crippen molar-refractivity contribution < 1.29 is 14.3 Å². The molecule has 2 N–H and O–H groups in total. The van der Waals surface area contributed by atoms with Gasteiger partial charge < -0.3 is 9.52 Å². The zero-order valence-electron chi connectivity index (χ0n) is 11.9. The van der Waals surface area contributed by atoms with Gasteiger partial charge >= 0.3 is 5.91 Å². The molecule has 3 rings (SSSR count). The largest absolute Gasteiger partial charge is 0.507 e. The number of phenols is 1. The minimum Gasteiger partial charge on any atom is -0.507 e. The number of fused-ring (bicyclic) bond motifs is 1. The summed E-state index contributed by atoms with van der Waals surface area (Å²) in [5.74, 6) is -0.284. The fourth-order valence-electron chi connectivity index (χ4n) is 2.03. The van der Waals surface area contributed by atoms with E-state index in [4.69, 9.17) is 4.42 Å². The lowest BCUT2D eigenvalue weighted by Gasteiger charge is -1.99. The van der Waals surface area contributed by atoms with Crippen LogP contribution < -0.4 is 5.43 Å². The Labute approximate surface area is 162 Å². The lowest BCUT2D eigenvalue weighted by atomic mass is 10.2. The molecule has 0 saturated heterocycles. The van der Waals surface area contributed by atoms with Crippen LogP contribution in [-0.4, -0.2) is 17.2 Å². The highest BCUT2D eigenvalue weighted by molar-refractivity contribution is 9.11. The van der Waals surface area contributed by atoms with Gasteiger partial charge in [0, 0.05) is 19.9 Å². The Morgan fingerprint density at radius 1 is 1.12 bits per heavy atom. The van der Waals surface area contributed by atoms with Crippen molar-refractivity contribution in [3.63, 3.8) is 0 Å². The number of carbonyl (C=O) groups is 1. The van der Waals surface area contributed by atoms with Crippen molar-refractivity contribution in [2.24, 2.45) is 5.10 Å². The highest BCUT2D eigenvalue weighted by atomic mass is 79.9. The molecule has 24 heavy (non-hydrogen) atoms. The van der Waals surface area contributed by atoms with Gasteiger partial charge in [-0.1, -0.05) is 31.9 Å². The lowest BCUT2D eigenvalue weighted by Crippen LogP contribution is -2.16. The molecule has 1 aromatic heterocycles. The number of nitrogens with zero attached hydrogens (tertiary/aromatic N) is 1. The van der Waals surface area contributed by atoms with Crippen LogP contribution in [-0.2, 0) is 0 Å². The molecule has 1 amide bonds. The van der Waals surface area contributed by atoms with E-state index in [1.807, 2.05) is 12.1 Å². The summed E-state index contributed by atoms with van der Waals surface area (Å²) in [5.41, 5.74) is 3.43. The molecule has 1 heterocycles. The molecule has 8 heteroatoms. The van der Waals surface area contributed by atoms with Crippen molar-refractivity contribution in [2.75, 3.05) is 0 Å². The van der Waals surface area contributed by atoms with Crippen LogP contribution >= 0.6 is 47.8 Å². The smallest absolute Gasteiger partial charge is 0.307 e. The van der Waals surface area contributed by atoms with Crippen molar-refractivity contribution in [1.82, 2.24) is 5.43 Å². The maximum Gasteiger partial charge on any atom is 0.307 e. The van der Waals surface area contributed by atoms with E-state index < -0.39 is 5.91 Å². The minimum atomic E-state index is -0.486. The zero-order valence-corrected chi connectivity index (χ0v) is 16.6. The third kappa shape index (κ3) is 3.71. The summed E-state index contributed by atoms with van der Waals surface area (Å²) in [6.45, 7) is 0. The van der Waals surface area contributed by atoms with Gasteiger partial charge in [0.25, 0.3) is 0 Å². The van der Waals surface area contributed by atoms with E-state index in [9.17, 15) is 9.90 Å². The highest BCUT2D eigenvalue weighted by Crippen LogP contribution is 2.31. The first-order valence-electron chi connectivity index (χ1n) is 6.64. The van der Waals surface area contributed by atoms with E-state index in [0.29, 0.717) is 11.1 Å². The molecule has 5 nitrogen and oxygen atoms in total. The first-order chi connectivity index (χ1) is 11.4. The molecule has 3 aromatic rings. The number of hydrogen-bond acceptors (Lipinski definition) is 4. The van der Waals surface area contributed by atoms with Crippen molar-refractivity contribution in [2.45, 2.75) is 0 Å². The number of rotatable bonds is 3. The summed E-state index contributed by atoms with van der Waals surface area (Å²) in [6.07, 6.45) is 1.35. The molecule has 0 aliphatic heterocycles. The molecule has 0 atom stereocenters. The Hall–Kier alpha value is -1.64. The maximum atomic E-state index is 12.1. The number of aromatic hydroxyl groups is 1. The van der Waals surface area contributed by atoms with E-state index in [1.54, 1.807) is 18.2 Å². The highest BCUT2D eigenvalue weighted by Gasteiger charge is 2.14. The third-order valence-corrected chi connectivity index (χ3v) is 4.66. The number of carbonyl (C=O) groups excluding carboxylic acids is 1. The quantitative estimate of drug-likeness (QED) is 0.371.